The van der Waals surface area contributed by atoms with Crippen molar-refractivity contribution in [1.82, 2.24) is 19.7 Å². The van der Waals surface area contributed by atoms with Crippen LogP contribution in [-0.2, 0) is 17.5 Å². The van der Waals surface area contributed by atoms with Crippen LogP contribution in [0.1, 0.15) is 37.6 Å². The van der Waals surface area contributed by atoms with E-state index in [1.54, 1.807) is 6.92 Å². The van der Waals surface area contributed by atoms with Crippen LogP contribution in [0.25, 0.3) is 11.3 Å². The van der Waals surface area contributed by atoms with Crippen molar-refractivity contribution < 1.29 is 18.0 Å². The zero-order valence-corrected chi connectivity index (χ0v) is 19.3. The van der Waals surface area contributed by atoms with E-state index >= 15 is 0 Å². The number of aliphatic imine (C=N–C) groups is 1. The van der Waals surface area contributed by atoms with Crippen LogP contribution in [0, 0.1) is 0 Å². The van der Waals surface area contributed by atoms with Crippen LogP contribution in [0.4, 0.5) is 13.2 Å². The number of amides is 1. The number of rotatable bonds is 6. The first-order chi connectivity index (χ1) is 16.1. The molecule has 0 radical (unpaired) electrons. The Morgan fingerprint density at radius 1 is 1.24 bits per heavy atom. The van der Waals surface area contributed by atoms with Crippen molar-refractivity contribution in [2.45, 2.75) is 38.9 Å². The molecule has 3 N–H and O–H groups in total. The lowest BCUT2D eigenvalue weighted by molar-refractivity contribution is -0.137. The highest BCUT2D eigenvalue weighted by atomic mass is 35.5. The van der Waals surface area contributed by atoms with Crippen LogP contribution < -0.4 is 16.7 Å². The summed E-state index contributed by atoms with van der Waals surface area (Å²) in [4.78, 5) is 27.7. The second-order valence-electron chi connectivity index (χ2n) is 7.34. The van der Waals surface area contributed by atoms with Crippen molar-refractivity contribution in [3.63, 3.8) is 0 Å². The zero-order chi connectivity index (χ0) is 25.1. The number of halogens is 4. The second-order valence-corrected chi connectivity index (χ2v) is 7.60. The quantitative estimate of drug-likeness (QED) is 0.594. The number of benzene rings is 1. The highest BCUT2D eigenvalue weighted by Gasteiger charge is 2.30. The number of hydrogen-bond donors (Lipinski definition) is 2. The molecule has 34 heavy (non-hydrogen) atoms. The fourth-order valence-corrected chi connectivity index (χ4v) is 3.12. The van der Waals surface area contributed by atoms with Gasteiger partial charge in [0.1, 0.15) is 6.54 Å². The SMILES string of the molecule is C1CCNCC1.C\C(=C/C=N\C=C\Cl)c1nn(CC(N)=O)c(=O)n1-c1ccc(C(F)(F)F)cc1. The van der Waals surface area contributed by atoms with Gasteiger partial charge < -0.3 is 11.1 Å². The van der Waals surface area contributed by atoms with Crippen molar-refractivity contribution in [2.75, 3.05) is 13.1 Å². The van der Waals surface area contributed by atoms with Gasteiger partial charge in [-0.25, -0.2) is 14.0 Å². The minimum Gasteiger partial charge on any atom is -0.368 e. The fraction of sp³-hybridized carbons (Fsp3) is 0.364. The first-order valence-corrected chi connectivity index (χ1v) is 10.9. The monoisotopic (exact) mass is 498 g/mol. The number of hydrogen-bond acceptors (Lipinski definition) is 5. The molecule has 0 saturated carbocycles. The topological polar surface area (TPSA) is 107 Å². The number of aromatic nitrogens is 3. The normalized spacial score (nSPS) is 14.9. The van der Waals surface area contributed by atoms with E-state index in [1.807, 2.05) is 0 Å². The number of carbonyl (C=O) groups excluding carboxylic acids is 1. The number of allylic oxidation sites excluding steroid dienone is 2. The lowest BCUT2D eigenvalue weighted by Gasteiger charge is -2.09. The Morgan fingerprint density at radius 2 is 1.88 bits per heavy atom. The van der Waals surface area contributed by atoms with Gasteiger partial charge in [0.25, 0.3) is 0 Å². The smallest absolute Gasteiger partial charge is 0.368 e. The van der Waals surface area contributed by atoms with Crippen molar-refractivity contribution in [3.05, 3.63) is 63.9 Å². The summed E-state index contributed by atoms with van der Waals surface area (Å²) in [6.07, 6.45) is 3.94. The summed E-state index contributed by atoms with van der Waals surface area (Å²) in [5.74, 6) is -0.673. The third-order valence-corrected chi connectivity index (χ3v) is 4.82. The first-order valence-electron chi connectivity index (χ1n) is 10.5. The minimum atomic E-state index is -4.51. The molecule has 8 nitrogen and oxygen atoms in total. The molecule has 12 heteroatoms. The van der Waals surface area contributed by atoms with Crippen molar-refractivity contribution in [2.24, 2.45) is 10.7 Å². The summed E-state index contributed by atoms with van der Waals surface area (Å²) in [5, 5.41) is 7.35. The summed E-state index contributed by atoms with van der Waals surface area (Å²) >= 11 is 5.36. The van der Waals surface area contributed by atoms with Gasteiger partial charge in [0.05, 0.1) is 11.3 Å². The fourth-order valence-electron chi connectivity index (χ4n) is 3.06. The van der Waals surface area contributed by atoms with Crippen LogP contribution in [0.15, 0.2) is 51.9 Å². The van der Waals surface area contributed by atoms with Crippen molar-refractivity contribution in [1.29, 1.82) is 0 Å². The summed E-state index contributed by atoms with van der Waals surface area (Å²) < 4.78 is 40.3. The van der Waals surface area contributed by atoms with Crippen LogP contribution in [0.3, 0.4) is 0 Å². The highest BCUT2D eigenvalue weighted by molar-refractivity contribution is 6.25. The van der Waals surface area contributed by atoms with Gasteiger partial charge in [0.15, 0.2) is 5.82 Å². The molecule has 0 atom stereocenters. The van der Waals surface area contributed by atoms with E-state index in [2.05, 4.69) is 15.4 Å². The van der Waals surface area contributed by atoms with E-state index in [-0.39, 0.29) is 11.5 Å². The number of alkyl halides is 3. The van der Waals surface area contributed by atoms with Crippen molar-refractivity contribution >= 4 is 29.3 Å². The van der Waals surface area contributed by atoms with E-state index < -0.39 is 29.9 Å². The third-order valence-electron chi connectivity index (χ3n) is 4.71. The van der Waals surface area contributed by atoms with Gasteiger partial charge in [-0.05, 0) is 68.8 Å². The van der Waals surface area contributed by atoms with Gasteiger partial charge in [-0.3, -0.25) is 9.79 Å². The molecule has 0 bridgehead atoms. The Hall–Kier alpha value is -3.18. The summed E-state index contributed by atoms with van der Waals surface area (Å²) in [5.41, 5.74) is 5.34. The standard InChI is InChI=1S/C17H15ClF3N5O2.C5H11N/c1-11(6-8-23-9-7-18)15-24-25(10-14(22)27)16(28)26(15)13-4-2-12(3-5-13)17(19,20)21;1-2-4-6-5-3-1/h2-9H,10H2,1H3,(H2,22,27);6H,1-5H2/b9-7+,11-6+,23-8-;. The Balaban J connectivity index is 0.000000589. The maximum atomic E-state index is 12.8. The molecule has 1 aliphatic heterocycles. The lowest BCUT2D eigenvalue weighted by Crippen LogP contribution is -2.30. The van der Waals surface area contributed by atoms with Gasteiger partial charge in [-0.15, -0.1) is 5.10 Å². The van der Waals surface area contributed by atoms with Gasteiger partial charge in [-0.2, -0.15) is 13.2 Å². The summed E-state index contributed by atoms with van der Waals surface area (Å²) in [6.45, 7) is 3.64. The number of nitrogens with zero attached hydrogens (tertiary/aromatic N) is 4. The molecule has 2 aromatic rings. The molecule has 1 aromatic heterocycles. The van der Waals surface area contributed by atoms with Crippen LogP contribution >= 0.6 is 11.6 Å². The van der Waals surface area contributed by atoms with Gasteiger partial charge >= 0.3 is 11.9 Å². The number of nitrogens with two attached hydrogens (primary N) is 1. The maximum absolute atomic E-state index is 12.8. The molecule has 1 amide bonds. The molecule has 1 aliphatic rings. The van der Waals surface area contributed by atoms with E-state index in [9.17, 15) is 22.8 Å². The Morgan fingerprint density at radius 3 is 2.35 bits per heavy atom. The molecule has 3 rings (SSSR count). The molecule has 1 saturated heterocycles. The predicted molar refractivity (Wildman–Crippen MR) is 126 cm³/mol. The molecule has 1 aromatic carbocycles. The summed E-state index contributed by atoms with van der Waals surface area (Å²) in [6, 6.07) is 3.98. The molecular weight excluding hydrogens is 473 g/mol. The molecule has 0 unspecified atom stereocenters. The molecule has 184 valence electrons. The molecule has 2 heterocycles. The van der Waals surface area contributed by atoms with E-state index in [0.29, 0.717) is 5.57 Å². The highest BCUT2D eigenvalue weighted by Crippen LogP contribution is 2.29. The Labute approximate surface area is 199 Å². The lowest BCUT2D eigenvalue weighted by atomic mass is 10.2. The number of carbonyl (C=O) groups is 1. The molecular formula is C22H26ClF3N6O2. The molecule has 1 fully saturated rings. The predicted octanol–water partition coefficient (Wildman–Crippen LogP) is 3.48. The van der Waals surface area contributed by atoms with Crippen LogP contribution in [0.2, 0.25) is 0 Å². The van der Waals surface area contributed by atoms with Crippen molar-refractivity contribution in [3.8, 4) is 5.69 Å². The number of nitrogens with one attached hydrogen (secondary N) is 1. The van der Waals surface area contributed by atoms with Gasteiger partial charge in [0, 0.05) is 17.9 Å². The second kappa shape index (κ2) is 12.9. The average molecular weight is 499 g/mol. The van der Waals surface area contributed by atoms with E-state index in [1.165, 1.54) is 56.4 Å². The summed E-state index contributed by atoms with van der Waals surface area (Å²) in [7, 11) is 0. The van der Waals surface area contributed by atoms with Crippen LogP contribution in [0.5, 0.6) is 0 Å². The average Bonchev–Trinajstić information content (AvgIpc) is 3.13. The third kappa shape index (κ3) is 7.99. The Bertz CT molecular complexity index is 1090. The largest absolute Gasteiger partial charge is 0.416 e. The molecule has 0 aliphatic carbocycles. The van der Waals surface area contributed by atoms with Gasteiger partial charge in [-0.1, -0.05) is 18.0 Å². The maximum Gasteiger partial charge on any atom is 0.416 e. The molecule has 0 spiro atoms. The number of piperidine rings is 1. The van der Waals surface area contributed by atoms with E-state index in [0.717, 1.165) is 33.5 Å². The minimum absolute atomic E-state index is 0.118. The first kappa shape index (κ1) is 27.1. The van der Waals surface area contributed by atoms with E-state index in [4.69, 9.17) is 17.3 Å². The Kier molecular flexibility index (Phi) is 10.3. The van der Waals surface area contributed by atoms with Gasteiger partial charge in [0.2, 0.25) is 5.91 Å². The van der Waals surface area contributed by atoms with Crippen LogP contribution in [-0.4, -0.2) is 39.6 Å². The zero-order valence-electron chi connectivity index (χ0n) is 18.6. The number of primary amides is 1.